The van der Waals surface area contributed by atoms with Crippen molar-refractivity contribution in [3.8, 4) is 0 Å². The summed E-state index contributed by atoms with van der Waals surface area (Å²) in [6.45, 7) is -1.23. The molecule has 26 heavy (non-hydrogen) atoms. The van der Waals surface area contributed by atoms with E-state index in [1.807, 2.05) is 0 Å². The molecule has 4 atom stereocenters. The van der Waals surface area contributed by atoms with Crippen molar-refractivity contribution in [1.82, 2.24) is 9.55 Å². The molecular weight excluding hydrogens is 355 g/mol. The van der Waals surface area contributed by atoms with Crippen LogP contribution in [-0.4, -0.2) is 80.9 Å². The fraction of sp³-hybridized carbons (Fsp3) is 0.692. The molecule has 12 nitrogen and oxygen atoms in total. The van der Waals surface area contributed by atoms with Gasteiger partial charge in [-0.2, -0.15) is 4.98 Å². The summed E-state index contributed by atoms with van der Waals surface area (Å²) in [5, 5.41) is 40.4. The molecule has 1 fully saturated rings. The maximum absolute atomic E-state index is 14.4. The zero-order valence-electron chi connectivity index (χ0n) is 13.6. The second kappa shape index (κ2) is 8.40. The van der Waals surface area contributed by atoms with Gasteiger partial charge >= 0.3 is 5.69 Å². The Hall–Kier alpha value is -2.28. The van der Waals surface area contributed by atoms with Gasteiger partial charge in [0.15, 0.2) is 12.4 Å². The molecule has 0 bridgehead atoms. The number of aromatic nitrogens is 2. The van der Waals surface area contributed by atoms with Crippen molar-refractivity contribution in [2.75, 3.05) is 37.8 Å². The topological polar surface area (TPSA) is 177 Å². The Labute approximate surface area is 146 Å². The third kappa shape index (κ3) is 3.62. The van der Waals surface area contributed by atoms with E-state index < -0.39 is 36.5 Å². The molecule has 1 aliphatic heterocycles. The van der Waals surface area contributed by atoms with E-state index in [1.165, 1.54) is 11.0 Å². The fourth-order valence-electron chi connectivity index (χ4n) is 2.64. The average molecular weight is 374 g/mol. The SMILES string of the molecule is [N-]=[N+]=N[C@]1(CO)O[C@@H](n2ccc(N(CCO)CCO)nc2=O)[C@@H](F)C1O. The van der Waals surface area contributed by atoms with Crippen molar-refractivity contribution >= 4 is 5.82 Å². The second-order valence-corrected chi connectivity index (χ2v) is 5.50. The van der Waals surface area contributed by atoms with Gasteiger partial charge < -0.3 is 30.1 Å². The highest BCUT2D eigenvalue weighted by molar-refractivity contribution is 5.36. The first-order valence-corrected chi connectivity index (χ1v) is 7.67. The van der Waals surface area contributed by atoms with Crippen LogP contribution in [0.4, 0.5) is 10.2 Å². The monoisotopic (exact) mass is 374 g/mol. The van der Waals surface area contributed by atoms with Gasteiger partial charge in [-0.3, -0.25) is 4.57 Å². The van der Waals surface area contributed by atoms with E-state index in [0.29, 0.717) is 0 Å². The molecular formula is C13H19FN6O6. The molecule has 1 aromatic rings. The Bertz CT molecular complexity index is 721. The highest BCUT2D eigenvalue weighted by Gasteiger charge is 2.56. The summed E-state index contributed by atoms with van der Waals surface area (Å²) in [4.78, 5) is 19.9. The molecule has 1 saturated heterocycles. The molecule has 0 radical (unpaired) electrons. The van der Waals surface area contributed by atoms with E-state index in [1.54, 1.807) is 0 Å². The Kier molecular flexibility index (Phi) is 6.47. The summed E-state index contributed by atoms with van der Waals surface area (Å²) in [5.74, 6) is 0.145. The Balaban J connectivity index is 2.35. The van der Waals surface area contributed by atoms with E-state index in [-0.39, 0.29) is 32.1 Å². The Morgan fingerprint density at radius 3 is 2.58 bits per heavy atom. The quantitative estimate of drug-likeness (QED) is 0.235. The van der Waals surface area contributed by atoms with Gasteiger partial charge in [0.25, 0.3) is 0 Å². The first-order chi connectivity index (χ1) is 12.4. The number of halogens is 1. The highest BCUT2D eigenvalue weighted by Crippen LogP contribution is 2.39. The minimum atomic E-state index is -2.25. The van der Waals surface area contributed by atoms with Crippen LogP contribution in [0.3, 0.4) is 0 Å². The maximum Gasteiger partial charge on any atom is 0.351 e. The lowest BCUT2D eigenvalue weighted by Crippen LogP contribution is -2.43. The zero-order chi connectivity index (χ0) is 19.3. The minimum Gasteiger partial charge on any atom is -0.395 e. The van der Waals surface area contributed by atoms with E-state index in [4.69, 9.17) is 20.5 Å². The van der Waals surface area contributed by atoms with Gasteiger partial charge in [0.2, 0.25) is 5.72 Å². The molecule has 1 aromatic heterocycles. The number of azide groups is 1. The lowest BCUT2D eigenvalue weighted by molar-refractivity contribution is -0.124. The third-order valence-corrected chi connectivity index (χ3v) is 3.95. The molecule has 144 valence electrons. The van der Waals surface area contributed by atoms with Crippen LogP contribution in [0.1, 0.15) is 6.23 Å². The predicted octanol–water partition coefficient (Wildman–Crippen LogP) is -1.74. The number of rotatable bonds is 8. The van der Waals surface area contributed by atoms with Gasteiger partial charge in [-0.1, -0.05) is 5.11 Å². The van der Waals surface area contributed by atoms with E-state index in [0.717, 1.165) is 10.8 Å². The van der Waals surface area contributed by atoms with Gasteiger partial charge in [-0.15, -0.1) is 0 Å². The Morgan fingerprint density at radius 1 is 1.42 bits per heavy atom. The Morgan fingerprint density at radius 2 is 2.08 bits per heavy atom. The number of anilines is 1. The standard InChI is InChI=1S/C13H19FN6O6/c14-9-10(24)13(7-23,17-18-15)26-11(9)20-2-1-8(16-12(20)25)19(3-5-21)4-6-22/h1-2,9-11,21-24H,3-7H2/t9-,10?,11+,13+/m0/s1. The fourth-order valence-corrected chi connectivity index (χ4v) is 2.64. The van der Waals surface area contributed by atoms with Gasteiger partial charge in [-0.25, -0.2) is 9.18 Å². The highest BCUT2D eigenvalue weighted by atomic mass is 19.1. The van der Waals surface area contributed by atoms with Crippen LogP contribution in [0.25, 0.3) is 10.4 Å². The summed E-state index contributed by atoms with van der Waals surface area (Å²) in [7, 11) is 0. The normalized spacial score (nSPS) is 28.0. The summed E-state index contributed by atoms with van der Waals surface area (Å²) >= 11 is 0. The van der Waals surface area contributed by atoms with Crippen molar-refractivity contribution < 1.29 is 29.6 Å². The molecule has 0 amide bonds. The summed E-state index contributed by atoms with van der Waals surface area (Å²) in [6.07, 6.45) is -4.66. The predicted molar refractivity (Wildman–Crippen MR) is 84.9 cm³/mol. The lowest BCUT2D eigenvalue weighted by atomic mass is 10.1. The number of aliphatic hydroxyl groups is 4. The van der Waals surface area contributed by atoms with Crippen molar-refractivity contribution in [3.05, 3.63) is 33.2 Å². The molecule has 4 N–H and O–H groups in total. The minimum absolute atomic E-state index is 0.117. The van der Waals surface area contributed by atoms with Crippen LogP contribution >= 0.6 is 0 Å². The van der Waals surface area contributed by atoms with Crippen LogP contribution in [-0.2, 0) is 4.74 Å². The maximum atomic E-state index is 14.4. The van der Waals surface area contributed by atoms with Gasteiger partial charge in [-0.05, 0) is 11.6 Å². The molecule has 1 aliphatic rings. The number of alkyl halides is 1. The van der Waals surface area contributed by atoms with Crippen LogP contribution < -0.4 is 10.6 Å². The first-order valence-electron chi connectivity index (χ1n) is 7.67. The van der Waals surface area contributed by atoms with E-state index in [9.17, 15) is 19.4 Å². The molecule has 0 aromatic carbocycles. The molecule has 2 heterocycles. The van der Waals surface area contributed by atoms with Gasteiger partial charge in [0.1, 0.15) is 11.9 Å². The van der Waals surface area contributed by atoms with Crippen molar-refractivity contribution in [3.63, 3.8) is 0 Å². The second-order valence-electron chi connectivity index (χ2n) is 5.50. The molecule has 13 heteroatoms. The first kappa shape index (κ1) is 20.0. The van der Waals surface area contributed by atoms with Crippen LogP contribution in [0.2, 0.25) is 0 Å². The summed E-state index contributed by atoms with van der Waals surface area (Å²) in [5.41, 5.74) is 5.36. The number of ether oxygens (including phenoxy) is 1. The number of aliphatic hydroxyl groups excluding tert-OH is 4. The van der Waals surface area contributed by atoms with Crippen molar-refractivity contribution in [2.45, 2.75) is 24.2 Å². The molecule has 2 rings (SSSR count). The average Bonchev–Trinajstić information content (AvgIpc) is 2.87. The van der Waals surface area contributed by atoms with Crippen molar-refractivity contribution in [1.29, 1.82) is 0 Å². The van der Waals surface area contributed by atoms with Gasteiger partial charge in [0.05, 0.1) is 19.8 Å². The third-order valence-electron chi connectivity index (χ3n) is 3.95. The van der Waals surface area contributed by atoms with Crippen molar-refractivity contribution in [2.24, 2.45) is 5.11 Å². The summed E-state index contributed by atoms with van der Waals surface area (Å²) < 4.78 is 20.3. The number of hydrogen-bond acceptors (Lipinski definition) is 9. The largest absolute Gasteiger partial charge is 0.395 e. The number of nitrogens with zero attached hydrogens (tertiary/aromatic N) is 6. The number of hydrogen-bond donors (Lipinski definition) is 4. The molecule has 0 aliphatic carbocycles. The summed E-state index contributed by atoms with van der Waals surface area (Å²) in [6, 6.07) is 1.34. The van der Waals surface area contributed by atoms with Gasteiger partial charge in [0, 0.05) is 24.2 Å². The lowest BCUT2D eigenvalue weighted by Gasteiger charge is -2.24. The zero-order valence-corrected chi connectivity index (χ0v) is 13.6. The molecule has 0 spiro atoms. The van der Waals surface area contributed by atoms with Crippen LogP contribution in [0.15, 0.2) is 22.2 Å². The van der Waals surface area contributed by atoms with Crippen LogP contribution in [0, 0.1) is 0 Å². The smallest absolute Gasteiger partial charge is 0.351 e. The van der Waals surface area contributed by atoms with Crippen LogP contribution in [0.5, 0.6) is 0 Å². The van der Waals surface area contributed by atoms with E-state index in [2.05, 4.69) is 15.0 Å². The molecule has 1 unspecified atom stereocenters. The molecule has 0 saturated carbocycles. The van der Waals surface area contributed by atoms with E-state index >= 15 is 0 Å².